The molecule has 0 spiro atoms. The molecule has 3 N–H and O–H groups in total. The van der Waals surface area contributed by atoms with Crippen LogP contribution in [0.3, 0.4) is 0 Å². The Kier molecular flexibility index (Phi) is 5.55. The molecule has 1 aliphatic rings. The standard InChI is InChI=1S/C17H24N2O3/c1-3-11(2)16(17(21)22)18-10-15(20)19-14-8-7-12-5-4-6-13(12)9-14/h7-9,11,16,18H,3-6,10H2,1-2H3,(H,19,20)(H,21,22)/t11-,16-/m0/s1. The molecule has 2 rings (SSSR count). The fraction of sp³-hybridized carbons (Fsp3) is 0.529. The predicted octanol–water partition coefficient (Wildman–Crippen LogP) is 2.20. The number of benzene rings is 1. The number of hydrogen-bond donors (Lipinski definition) is 3. The van der Waals surface area contributed by atoms with Crippen LogP contribution in [0, 0.1) is 5.92 Å². The third-order valence-corrected chi connectivity index (χ3v) is 4.34. The zero-order valence-electron chi connectivity index (χ0n) is 13.2. The number of nitrogens with one attached hydrogen (secondary N) is 2. The molecular weight excluding hydrogens is 280 g/mol. The third-order valence-electron chi connectivity index (χ3n) is 4.34. The maximum absolute atomic E-state index is 12.0. The van der Waals surface area contributed by atoms with Crippen molar-refractivity contribution in [1.29, 1.82) is 0 Å². The first-order valence-corrected chi connectivity index (χ1v) is 7.89. The van der Waals surface area contributed by atoms with Crippen LogP contribution in [0.15, 0.2) is 18.2 Å². The Labute approximate surface area is 131 Å². The highest BCUT2D eigenvalue weighted by atomic mass is 16.4. The van der Waals surface area contributed by atoms with E-state index in [1.54, 1.807) is 0 Å². The van der Waals surface area contributed by atoms with E-state index < -0.39 is 12.0 Å². The average Bonchev–Trinajstić information content (AvgIpc) is 2.94. The number of rotatable bonds is 7. The van der Waals surface area contributed by atoms with Crippen LogP contribution in [0.5, 0.6) is 0 Å². The van der Waals surface area contributed by atoms with Crippen molar-refractivity contribution in [3.63, 3.8) is 0 Å². The lowest BCUT2D eigenvalue weighted by Crippen LogP contribution is -2.45. The van der Waals surface area contributed by atoms with Crippen molar-refractivity contribution in [2.45, 2.75) is 45.6 Å². The lowest BCUT2D eigenvalue weighted by molar-refractivity contribution is -0.140. The second-order valence-electron chi connectivity index (χ2n) is 5.97. The Morgan fingerprint density at radius 3 is 2.68 bits per heavy atom. The fourth-order valence-electron chi connectivity index (χ4n) is 2.83. The molecular formula is C17H24N2O3. The number of amides is 1. The first-order valence-electron chi connectivity index (χ1n) is 7.89. The van der Waals surface area contributed by atoms with Crippen molar-refractivity contribution in [1.82, 2.24) is 5.32 Å². The smallest absolute Gasteiger partial charge is 0.320 e. The number of fused-ring (bicyclic) bond motifs is 1. The van der Waals surface area contributed by atoms with Crippen LogP contribution in [0.4, 0.5) is 5.69 Å². The number of hydrogen-bond acceptors (Lipinski definition) is 3. The molecule has 2 atom stereocenters. The zero-order valence-corrected chi connectivity index (χ0v) is 13.2. The summed E-state index contributed by atoms with van der Waals surface area (Å²) in [6.07, 6.45) is 4.09. The number of aliphatic carboxylic acids is 1. The van der Waals surface area contributed by atoms with Crippen LogP contribution in [0.2, 0.25) is 0 Å². The number of carbonyl (C=O) groups excluding carboxylic acids is 1. The number of carboxylic acids is 1. The minimum absolute atomic E-state index is 0.00160. The largest absolute Gasteiger partial charge is 0.480 e. The molecule has 120 valence electrons. The topological polar surface area (TPSA) is 78.4 Å². The quantitative estimate of drug-likeness (QED) is 0.721. The van der Waals surface area contributed by atoms with E-state index in [2.05, 4.69) is 16.7 Å². The first-order chi connectivity index (χ1) is 10.5. The van der Waals surface area contributed by atoms with E-state index in [4.69, 9.17) is 0 Å². The zero-order chi connectivity index (χ0) is 16.1. The van der Waals surface area contributed by atoms with Gasteiger partial charge in [-0.1, -0.05) is 26.3 Å². The Morgan fingerprint density at radius 1 is 1.27 bits per heavy atom. The van der Waals surface area contributed by atoms with E-state index >= 15 is 0 Å². The Morgan fingerprint density at radius 2 is 2.00 bits per heavy atom. The van der Waals surface area contributed by atoms with Crippen molar-refractivity contribution in [2.24, 2.45) is 5.92 Å². The molecule has 0 saturated heterocycles. The van der Waals surface area contributed by atoms with Crippen molar-refractivity contribution in [3.8, 4) is 0 Å². The molecule has 0 unspecified atom stereocenters. The van der Waals surface area contributed by atoms with Gasteiger partial charge >= 0.3 is 5.97 Å². The Hall–Kier alpha value is -1.88. The van der Waals surface area contributed by atoms with Gasteiger partial charge in [0, 0.05) is 5.69 Å². The van der Waals surface area contributed by atoms with E-state index in [1.165, 1.54) is 17.5 Å². The van der Waals surface area contributed by atoms with Crippen LogP contribution < -0.4 is 10.6 Å². The van der Waals surface area contributed by atoms with E-state index in [9.17, 15) is 14.7 Å². The van der Waals surface area contributed by atoms with Crippen LogP contribution in [0.1, 0.15) is 37.8 Å². The van der Waals surface area contributed by atoms with Crippen LogP contribution in [-0.2, 0) is 22.4 Å². The summed E-state index contributed by atoms with van der Waals surface area (Å²) in [5, 5.41) is 14.8. The van der Waals surface area contributed by atoms with E-state index in [-0.39, 0.29) is 18.4 Å². The molecule has 1 amide bonds. The predicted molar refractivity (Wildman–Crippen MR) is 86.0 cm³/mol. The lowest BCUT2D eigenvalue weighted by atomic mass is 9.99. The van der Waals surface area contributed by atoms with Crippen LogP contribution >= 0.6 is 0 Å². The van der Waals surface area contributed by atoms with Gasteiger partial charge in [-0.2, -0.15) is 0 Å². The summed E-state index contributed by atoms with van der Waals surface area (Å²) in [6, 6.07) is 5.29. The normalized spacial score (nSPS) is 15.9. The Bertz CT molecular complexity index is 557. The third kappa shape index (κ3) is 4.07. The molecule has 1 aromatic carbocycles. The van der Waals surface area contributed by atoms with E-state index in [1.807, 2.05) is 26.0 Å². The van der Waals surface area contributed by atoms with Gasteiger partial charge in [-0.25, -0.2) is 0 Å². The SMILES string of the molecule is CC[C@H](C)[C@H](NCC(=O)Nc1ccc2c(c1)CCC2)C(=O)O. The molecule has 0 heterocycles. The number of aryl methyl sites for hydroxylation is 2. The maximum atomic E-state index is 12.0. The highest BCUT2D eigenvalue weighted by Crippen LogP contribution is 2.24. The summed E-state index contributed by atoms with van der Waals surface area (Å²) in [5.74, 6) is -1.16. The number of carboxylic acid groups (broad SMARTS) is 1. The monoisotopic (exact) mass is 304 g/mol. The number of anilines is 1. The highest BCUT2D eigenvalue weighted by molar-refractivity contribution is 5.92. The van der Waals surface area contributed by atoms with Crippen molar-refractivity contribution < 1.29 is 14.7 Å². The summed E-state index contributed by atoms with van der Waals surface area (Å²) in [5.41, 5.74) is 3.44. The summed E-state index contributed by atoms with van der Waals surface area (Å²) < 4.78 is 0. The van der Waals surface area contributed by atoms with Gasteiger partial charge in [0.2, 0.25) is 5.91 Å². The minimum atomic E-state index is -0.917. The molecule has 1 aliphatic carbocycles. The van der Waals surface area contributed by atoms with Gasteiger partial charge in [-0.3, -0.25) is 14.9 Å². The van der Waals surface area contributed by atoms with Gasteiger partial charge < -0.3 is 10.4 Å². The maximum Gasteiger partial charge on any atom is 0.320 e. The highest BCUT2D eigenvalue weighted by Gasteiger charge is 2.23. The van der Waals surface area contributed by atoms with Gasteiger partial charge in [0.15, 0.2) is 0 Å². The summed E-state index contributed by atoms with van der Waals surface area (Å²) in [7, 11) is 0. The van der Waals surface area contributed by atoms with Crippen LogP contribution in [-0.4, -0.2) is 29.6 Å². The van der Waals surface area contributed by atoms with Crippen molar-refractivity contribution in [2.75, 3.05) is 11.9 Å². The molecule has 0 saturated carbocycles. The molecule has 22 heavy (non-hydrogen) atoms. The first kappa shape index (κ1) is 16.5. The van der Waals surface area contributed by atoms with Gasteiger partial charge in [-0.15, -0.1) is 0 Å². The fourth-order valence-corrected chi connectivity index (χ4v) is 2.83. The van der Waals surface area contributed by atoms with Crippen LogP contribution in [0.25, 0.3) is 0 Å². The lowest BCUT2D eigenvalue weighted by Gasteiger charge is -2.19. The molecule has 5 nitrogen and oxygen atoms in total. The van der Waals surface area contributed by atoms with E-state index in [0.29, 0.717) is 0 Å². The molecule has 5 heteroatoms. The second-order valence-corrected chi connectivity index (χ2v) is 5.97. The molecule has 0 bridgehead atoms. The van der Waals surface area contributed by atoms with Gasteiger partial charge in [0.1, 0.15) is 6.04 Å². The van der Waals surface area contributed by atoms with E-state index in [0.717, 1.165) is 24.9 Å². The van der Waals surface area contributed by atoms with Gasteiger partial charge in [-0.05, 0) is 48.4 Å². The average molecular weight is 304 g/mol. The second kappa shape index (κ2) is 7.40. The number of carbonyl (C=O) groups is 2. The molecule has 0 aromatic heterocycles. The van der Waals surface area contributed by atoms with Crippen molar-refractivity contribution >= 4 is 17.6 Å². The summed E-state index contributed by atoms with van der Waals surface area (Å²) in [6.45, 7) is 3.80. The van der Waals surface area contributed by atoms with Crippen molar-refractivity contribution in [3.05, 3.63) is 29.3 Å². The molecule has 0 fully saturated rings. The summed E-state index contributed by atoms with van der Waals surface area (Å²) >= 11 is 0. The summed E-state index contributed by atoms with van der Waals surface area (Å²) in [4.78, 5) is 23.2. The van der Waals surface area contributed by atoms with Gasteiger partial charge in [0.05, 0.1) is 6.54 Å². The Balaban J connectivity index is 1.88. The minimum Gasteiger partial charge on any atom is -0.480 e. The molecule has 0 aliphatic heterocycles. The van der Waals surface area contributed by atoms with Gasteiger partial charge in [0.25, 0.3) is 0 Å². The molecule has 1 aromatic rings. The molecule has 0 radical (unpaired) electrons.